The smallest absolute Gasteiger partial charge is 0.266 e. The van der Waals surface area contributed by atoms with Gasteiger partial charge in [0, 0.05) is 18.0 Å². The van der Waals surface area contributed by atoms with Gasteiger partial charge in [-0.15, -0.1) is 22.9 Å². The summed E-state index contributed by atoms with van der Waals surface area (Å²) < 4.78 is 32.3. The van der Waals surface area contributed by atoms with E-state index in [2.05, 4.69) is 15.9 Å². The van der Waals surface area contributed by atoms with Gasteiger partial charge in [0.05, 0.1) is 22.5 Å². The third kappa shape index (κ3) is 3.36. The largest absolute Gasteiger partial charge is 0.497 e. The Bertz CT molecular complexity index is 746. The molecule has 0 bridgehead atoms. The first-order valence-electron chi connectivity index (χ1n) is 5.87. The molecule has 0 spiro atoms. The molecule has 4 nitrogen and oxygen atoms in total. The Labute approximate surface area is 141 Å². The first-order chi connectivity index (χ1) is 9.90. The second-order valence-electron chi connectivity index (χ2n) is 4.16. The van der Waals surface area contributed by atoms with E-state index >= 15 is 0 Å². The monoisotopic (exact) mass is 409 g/mol. The topological polar surface area (TPSA) is 46.6 Å². The van der Waals surface area contributed by atoms with Crippen LogP contribution in [0.25, 0.3) is 0 Å². The van der Waals surface area contributed by atoms with Crippen LogP contribution in [0.15, 0.2) is 39.0 Å². The van der Waals surface area contributed by atoms with E-state index in [-0.39, 0.29) is 10.8 Å². The van der Waals surface area contributed by atoms with Gasteiger partial charge in [-0.3, -0.25) is 4.31 Å². The number of thiophene rings is 1. The molecule has 1 heterocycles. The fraction of sp³-hybridized carbons (Fsp3) is 0.231. The van der Waals surface area contributed by atoms with Crippen molar-refractivity contribution in [2.24, 2.45) is 0 Å². The van der Waals surface area contributed by atoms with Crippen LogP contribution >= 0.6 is 38.9 Å². The second kappa shape index (κ2) is 6.56. The molecule has 0 aliphatic carbocycles. The van der Waals surface area contributed by atoms with Crippen LogP contribution in [0.1, 0.15) is 4.88 Å². The van der Waals surface area contributed by atoms with Gasteiger partial charge in [0.25, 0.3) is 10.0 Å². The molecule has 2 rings (SSSR count). The van der Waals surface area contributed by atoms with Crippen molar-refractivity contribution in [1.29, 1.82) is 0 Å². The summed E-state index contributed by atoms with van der Waals surface area (Å²) in [5, 5.41) is 0. The lowest BCUT2D eigenvalue weighted by Crippen LogP contribution is -2.26. The van der Waals surface area contributed by atoms with E-state index in [9.17, 15) is 8.42 Å². The van der Waals surface area contributed by atoms with Gasteiger partial charge in [-0.05, 0) is 34.1 Å². The van der Waals surface area contributed by atoms with Crippen molar-refractivity contribution in [3.63, 3.8) is 0 Å². The molecule has 114 valence electrons. The average Bonchev–Trinajstić information content (AvgIpc) is 2.88. The Balaban J connectivity index is 2.44. The molecule has 0 aliphatic heterocycles. The number of benzene rings is 1. The fourth-order valence-electron chi connectivity index (χ4n) is 1.73. The minimum absolute atomic E-state index is 0.216. The van der Waals surface area contributed by atoms with Crippen LogP contribution in [0.4, 0.5) is 5.69 Å². The van der Waals surface area contributed by atoms with Gasteiger partial charge in [0.15, 0.2) is 0 Å². The van der Waals surface area contributed by atoms with Crippen molar-refractivity contribution in [2.75, 3.05) is 18.5 Å². The molecule has 1 aromatic heterocycles. The number of rotatable bonds is 5. The summed E-state index contributed by atoms with van der Waals surface area (Å²) in [4.78, 5) is 1.01. The van der Waals surface area contributed by atoms with Crippen LogP contribution in [0, 0.1) is 0 Å². The zero-order valence-electron chi connectivity index (χ0n) is 11.3. The SMILES string of the molecule is COc1cccc(N(C)S(=O)(=O)c2cc(CCl)sc2Br)c1. The van der Waals surface area contributed by atoms with E-state index < -0.39 is 10.0 Å². The first-order valence-corrected chi connectivity index (χ1v) is 9.45. The third-order valence-electron chi connectivity index (χ3n) is 2.89. The van der Waals surface area contributed by atoms with E-state index in [0.29, 0.717) is 15.2 Å². The summed E-state index contributed by atoms with van der Waals surface area (Å²) in [6, 6.07) is 8.47. The van der Waals surface area contributed by atoms with Gasteiger partial charge in [0.2, 0.25) is 0 Å². The van der Waals surface area contributed by atoms with Crippen molar-refractivity contribution in [3.05, 3.63) is 39.0 Å². The average molecular weight is 411 g/mol. The van der Waals surface area contributed by atoms with Gasteiger partial charge in [-0.2, -0.15) is 0 Å². The Morgan fingerprint density at radius 1 is 1.38 bits per heavy atom. The summed E-state index contributed by atoms with van der Waals surface area (Å²) >= 11 is 10.4. The zero-order chi connectivity index (χ0) is 15.6. The molecule has 21 heavy (non-hydrogen) atoms. The van der Waals surface area contributed by atoms with E-state index in [1.54, 1.807) is 30.3 Å². The molecule has 0 radical (unpaired) electrons. The Morgan fingerprint density at radius 3 is 2.67 bits per heavy atom. The Kier molecular flexibility index (Phi) is 5.19. The number of hydrogen-bond donors (Lipinski definition) is 0. The van der Waals surface area contributed by atoms with Gasteiger partial charge in [-0.25, -0.2) is 8.42 Å². The number of alkyl halides is 1. The standard InChI is InChI=1S/C13H13BrClNO3S2/c1-16(9-4-3-5-10(6-9)19-2)21(17,18)12-7-11(8-15)20-13(12)14/h3-7H,8H2,1-2H3. The summed E-state index contributed by atoms with van der Waals surface area (Å²) in [7, 11) is -0.608. The number of anilines is 1. The fourth-order valence-corrected chi connectivity index (χ4v) is 5.64. The van der Waals surface area contributed by atoms with Gasteiger partial charge >= 0.3 is 0 Å². The van der Waals surface area contributed by atoms with Crippen LogP contribution in [0.3, 0.4) is 0 Å². The molecule has 0 atom stereocenters. The molecule has 1 aromatic carbocycles. The van der Waals surface area contributed by atoms with Crippen LogP contribution in [-0.2, 0) is 15.9 Å². The number of methoxy groups -OCH3 is 1. The molecule has 0 amide bonds. The van der Waals surface area contributed by atoms with Crippen molar-refractivity contribution in [1.82, 2.24) is 0 Å². The number of nitrogens with zero attached hydrogens (tertiary/aromatic N) is 1. The Morgan fingerprint density at radius 2 is 2.10 bits per heavy atom. The highest BCUT2D eigenvalue weighted by Gasteiger charge is 2.26. The highest BCUT2D eigenvalue weighted by molar-refractivity contribution is 9.11. The predicted molar refractivity (Wildman–Crippen MR) is 90.2 cm³/mol. The normalized spacial score (nSPS) is 11.4. The van der Waals surface area contributed by atoms with E-state index in [4.69, 9.17) is 16.3 Å². The summed E-state index contributed by atoms with van der Waals surface area (Å²) in [5.74, 6) is 0.877. The molecular weight excluding hydrogens is 398 g/mol. The number of ether oxygens (including phenoxy) is 1. The predicted octanol–water partition coefficient (Wildman–Crippen LogP) is 4.08. The lowest BCUT2D eigenvalue weighted by atomic mass is 10.3. The van der Waals surface area contributed by atoms with Crippen LogP contribution in [0.5, 0.6) is 5.75 Å². The Hall–Kier alpha value is -0.760. The van der Waals surface area contributed by atoms with Gasteiger partial charge in [0.1, 0.15) is 10.6 Å². The highest BCUT2D eigenvalue weighted by Crippen LogP contribution is 2.35. The first kappa shape index (κ1) is 16.6. The number of halogens is 2. The van der Waals surface area contributed by atoms with Crippen LogP contribution < -0.4 is 9.04 Å². The third-order valence-corrected chi connectivity index (χ3v) is 7.38. The minimum Gasteiger partial charge on any atom is -0.497 e. The lowest BCUT2D eigenvalue weighted by Gasteiger charge is -2.19. The van der Waals surface area contributed by atoms with Crippen LogP contribution in [0.2, 0.25) is 0 Å². The van der Waals surface area contributed by atoms with E-state index in [1.165, 1.54) is 29.8 Å². The van der Waals surface area contributed by atoms with Crippen molar-refractivity contribution >= 4 is 54.6 Å². The van der Waals surface area contributed by atoms with E-state index in [1.807, 2.05) is 0 Å². The molecule has 0 unspecified atom stereocenters. The number of hydrogen-bond acceptors (Lipinski definition) is 4. The molecule has 2 aromatic rings. The molecule has 0 aliphatic rings. The summed E-state index contributed by atoms with van der Waals surface area (Å²) in [5.41, 5.74) is 0.528. The number of sulfonamides is 1. The lowest BCUT2D eigenvalue weighted by molar-refractivity contribution is 0.415. The maximum atomic E-state index is 12.7. The minimum atomic E-state index is -3.65. The molecule has 8 heteroatoms. The van der Waals surface area contributed by atoms with Gasteiger partial charge in [-0.1, -0.05) is 6.07 Å². The van der Waals surface area contributed by atoms with Crippen LogP contribution in [-0.4, -0.2) is 22.6 Å². The molecular formula is C13H13BrClNO3S2. The summed E-state index contributed by atoms with van der Waals surface area (Å²) in [6.07, 6.45) is 0. The van der Waals surface area contributed by atoms with Crippen molar-refractivity contribution in [3.8, 4) is 5.75 Å². The molecule has 0 fully saturated rings. The van der Waals surface area contributed by atoms with E-state index in [0.717, 1.165) is 4.88 Å². The second-order valence-corrected chi connectivity index (χ2v) is 8.82. The van der Waals surface area contributed by atoms with Gasteiger partial charge < -0.3 is 4.74 Å². The highest BCUT2D eigenvalue weighted by atomic mass is 79.9. The zero-order valence-corrected chi connectivity index (χ0v) is 15.3. The molecule has 0 saturated heterocycles. The van der Waals surface area contributed by atoms with Crippen molar-refractivity contribution in [2.45, 2.75) is 10.8 Å². The molecule has 0 saturated carbocycles. The summed E-state index contributed by atoms with van der Waals surface area (Å²) in [6.45, 7) is 0. The maximum absolute atomic E-state index is 12.7. The molecule has 0 N–H and O–H groups in total. The van der Waals surface area contributed by atoms with Crippen molar-refractivity contribution < 1.29 is 13.2 Å². The maximum Gasteiger partial charge on any atom is 0.266 e. The quantitative estimate of drug-likeness (QED) is 0.698.